The van der Waals surface area contributed by atoms with Gasteiger partial charge in [-0.15, -0.1) is 13.2 Å². The number of aromatic nitrogens is 2. The highest BCUT2D eigenvalue weighted by atomic mass is 35.5. The van der Waals surface area contributed by atoms with Gasteiger partial charge < -0.3 is 138 Å². The molecular formula is C82H90Cl2F3N15O27. The van der Waals surface area contributed by atoms with Crippen LogP contribution in [-0.2, 0) is 70.3 Å². The number of aliphatic hydroxyl groups excluding tert-OH is 6. The van der Waals surface area contributed by atoms with Crippen molar-refractivity contribution in [2.45, 2.75) is 176 Å². The van der Waals surface area contributed by atoms with E-state index in [2.05, 4.69) is 57.6 Å². The zero-order valence-corrected chi connectivity index (χ0v) is 70.1. The molecule has 7 aliphatic rings. The summed E-state index contributed by atoms with van der Waals surface area (Å²) in [6.45, 7) is 5.28. The number of phenols is 3. The molecule has 14 rings (SSSR count). The predicted molar refractivity (Wildman–Crippen MR) is 440 cm³/mol. The quantitative estimate of drug-likeness (QED) is 0.0440. The van der Waals surface area contributed by atoms with Gasteiger partial charge in [-0.05, 0) is 139 Å². The summed E-state index contributed by atoms with van der Waals surface area (Å²) in [5.41, 5.74) is 9.67. The van der Waals surface area contributed by atoms with E-state index in [1.54, 1.807) is 20.8 Å². The van der Waals surface area contributed by atoms with Gasteiger partial charge in [0.15, 0.2) is 23.9 Å². The van der Waals surface area contributed by atoms with Crippen LogP contribution in [0.5, 0.6) is 51.7 Å². The molecule has 2 saturated heterocycles. The number of aromatic hydroxyl groups is 3. The fourth-order valence-electron chi connectivity index (χ4n) is 15.2. The minimum absolute atomic E-state index is 0.108. The summed E-state index contributed by atoms with van der Waals surface area (Å²) in [5, 5.41) is 129. The number of carbonyl (C=O) groups excluding carboxylic acids is 10. The van der Waals surface area contributed by atoms with E-state index in [0.717, 1.165) is 89.5 Å². The molecule has 2 fully saturated rings. The lowest BCUT2D eigenvalue weighted by Gasteiger charge is -2.48. The van der Waals surface area contributed by atoms with Gasteiger partial charge in [-0.1, -0.05) is 67.4 Å². The fraction of sp³-hybridized carbons (Fsp3) is 0.390. The number of hydrogen-bond donors (Lipinski definition) is 22. The first-order chi connectivity index (χ1) is 61.0. The number of fused-ring (bicyclic) bond motifs is 15. The molecule has 7 aromatic rings. The van der Waals surface area contributed by atoms with Crippen molar-refractivity contribution >= 4 is 88.2 Å². The number of primary amides is 2. The lowest BCUT2D eigenvalue weighted by molar-refractivity contribution is -0.334. The second-order valence-corrected chi connectivity index (χ2v) is 32.2. The second-order valence-electron chi connectivity index (χ2n) is 31.4. The summed E-state index contributed by atoms with van der Waals surface area (Å²) >= 11 is 14.3. The molecule has 129 heavy (non-hydrogen) atoms. The molecule has 47 heteroatoms. The molecule has 1 aromatic heterocycles. The molecule has 690 valence electrons. The van der Waals surface area contributed by atoms with Gasteiger partial charge in [-0.3, -0.25) is 53.1 Å². The molecule has 8 heterocycles. The van der Waals surface area contributed by atoms with E-state index in [4.69, 9.17) is 63.1 Å². The standard InChI is InChI=1S/C82H90Cl2F3N15O27/c1-32(2)20-45(90-5)71(114)98-62-64(109)36-9-14-49(43(83)23-36)124-51-25-38-26-52(68(51)128-78-69(67(112)66(111)53(31-103)126-78)127-57-30-81(4,70(113)33(3)123-57)91-17-19-102-18-16-55(94-80(102)122)93-56(108)21-34-6-11-40(12-7-34)129-82(85,86)87)125-50-15-10-37(24-44(50)84)65(110)63-76(119)97-61(77(120)100-101-79(89)121)42-27-39(104)28-48(106)58(42)41-22-35(8-13-47(41)105)59(73(116)99-63)96-74(117)60(38)95-72(115)46(29-54(88)107)92-75(62)118/h6-16,18,22-28,32-33,45-46,53,57,59-67,69-70,78,90-91,103-106,109-113H,17,19-21,29-31H2,1-5H3,(H2,88,107)(H,92,118)(H,95,115)(H,96,117)(H,97,119)(H,98,114)(H,99,116)(H,100,120)(H3,89,101,121)(H,93,94,108,122)/t33?,45?,46?,53?,57?,59?,60?,61-,62?,63?,64?,65?,66?,67?,69?,70?,78?,81-/m1/s1. The van der Waals surface area contributed by atoms with Gasteiger partial charge >= 0.3 is 18.1 Å². The van der Waals surface area contributed by atoms with Crippen molar-refractivity contribution in [2.75, 3.05) is 25.5 Å². The summed E-state index contributed by atoms with van der Waals surface area (Å²) in [7, 11) is 1.45. The Morgan fingerprint density at radius 3 is 1.96 bits per heavy atom. The maximum atomic E-state index is 16.3. The number of anilines is 1. The second kappa shape index (κ2) is 39.9. The third-order valence-electron chi connectivity index (χ3n) is 21.6. The number of carbonyl (C=O) groups is 10. The Hall–Kier alpha value is -12.8. The number of hydrazine groups is 1. The van der Waals surface area contributed by atoms with Crippen LogP contribution < -0.4 is 94.8 Å². The monoisotopic (exact) mass is 1840 g/mol. The van der Waals surface area contributed by atoms with Crippen LogP contribution in [0.25, 0.3) is 11.1 Å². The van der Waals surface area contributed by atoms with E-state index in [-0.39, 0.29) is 55.2 Å². The average Bonchev–Trinajstić information content (AvgIpc) is 0.764. The number of alkyl halides is 3. The third kappa shape index (κ3) is 22.3. The van der Waals surface area contributed by atoms with Gasteiger partial charge in [0, 0.05) is 48.4 Å². The van der Waals surface area contributed by atoms with E-state index in [9.17, 15) is 87.9 Å². The van der Waals surface area contributed by atoms with Gasteiger partial charge in [0.1, 0.15) is 107 Å². The van der Waals surface area contributed by atoms with Gasteiger partial charge in [0.05, 0.1) is 47.7 Å². The maximum Gasteiger partial charge on any atom is 0.573 e. The molecule has 18 atom stereocenters. The van der Waals surface area contributed by atoms with Gasteiger partial charge in [-0.25, -0.2) is 15.0 Å². The molecule has 0 radical (unpaired) electrons. The molecular weight excluding hydrogens is 1750 g/mol. The van der Waals surface area contributed by atoms with Gasteiger partial charge in [0.2, 0.25) is 59.3 Å². The number of benzene rings is 6. The van der Waals surface area contributed by atoms with Crippen molar-refractivity contribution in [2.24, 2.45) is 17.4 Å². The molecule has 0 saturated carbocycles. The molecule has 0 spiro atoms. The van der Waals surface area contributed by atoms with Crippen LogP contribution in [0.3, 0.4) is 0 Å². The Labute approximate surface area is 738 Å². The van der Waals surface area contributed by atoms with Crippen LogP contribution in [-0.4, -0.2) is 220 Å². The first-order valence-corrected chi connectivity index (χ1v) is 40.5. The number of ether oxygens (including phenoxy) is 7. The highest BCUT2D eigenvalue weighted by molar-refractivity contribution is 6.32. The maximum absolute atomic E-state index is 16.3. The van der Waals surface area contributed by atoms with Crippen LogP contribution in [0.15, 0.2) is 120 Å². The van der Waals surface area contributed by atoms with E-state index in [1.807, 2.05) is 10.9 Å². The fourth-order valence-corrected chi connectivity index (χ4v) is 15.6. The molecule has 24 N–H and O–H groups in total. The van der Waals surface area contributed by atoms with Crippen molar-refractivity contribution in [1.29, 1.82) is 0 Å². The highest BCUT2D eigenvalue weighted by Crippen LogP contribution is 2.50. The van der Waals surface area contributed by atoms with E-state index in [0.29, 0.717) is 5.56 Å². The molecule has 42 nitrogen and oxygen atoms in total. The SMILES string of the molecule is CNC(CC(C)C)C(=O)NC1C(=O)NC(CC(N)=O)C(=O)NC2C(=O)NC3C(=O)NC(C(=O)N[C@@H](C(=O)NNC(N)=O)c4cc(O)cc(O)c4-c4cc3ccc4O)C(O)c3ccc(c(Cl)c3)Oc3cc2cc(c3OC2OC(CO)C(O)C(O)C2OC2C[C@@](C)(NCCn3ccc(NC(=O)Cc4ccc(OC(F)(F)F)cc4)nc3=O)C(O)C(C)O2)Oc2ccc(cc2Cl)C1O. The molecule has 11 bridgehead atoms. The van der Waals surface area contributed by atoms with Crippen molar-refractivity contribution in [3.63, 3.8) is 0 Å². The van der Waals surface area contributed by atoms with E-state index >= 15 is 24.0 Å². The number of nitrogens with two attached hydrogens (primary N) is 2. The molecule has 11 amide bonds. The lowest BCUT2D eigenvalue weighted by Crippen LogP contribution is -2.65. The lowest BCUT2D eigenvalue weighted by atomic mass is 9.85. The number of hydrogen-bond acceptors (Lipinski definition) is 30. The Kier molecular flexibility index (Phi) is 29.5. The molecule has 0 aliphatic carbocycles. The first kappa shape index (κ1) is 95.3. The number of rotatable bonds is 21. The van der Waals surface area contributed by atoms with Crippen molar-refractivity contribution in [1.82, 2.24) is 62.9 Å². The van der Waals surface area contributed by atoms with Crippen LogP contribution in [0, 0.1) is 5.92 Å². The van der Waals surface area contributed by atoms with Gasteiger partial charge in [0.25, 0.3) is 5.91 Å². The summed E-state index contributed by atoms with van der Waals surface area (Å²) in [5.74, 6) is -17.8. The Bertz CT molecular complexity index is 5530. The smallest absolute Gasteiger partial charge is 0.508 e. The molecule has 16 unspecified atom stereocenters. The van der Waals surface area contributed by atoms with E-state index < -0.39 is 283 Å². The largest absolute Gasteiger partial charge is 0.573 e. The normalized spacial score (nSPS) is 25.5. The van der Waals surface area contributed by atoms with Crippen LogP contribution >= 0.6 is 23.2 Å². The van der Waals surface area contributed by atoms with Gasteiger partial charge in [-0.2, -0.15) is 4.98 Å². The summed E-state index contributed by atoms with van der Waals surface area (Å²) in [4.78, 5) is 162. The Morgan fingerprint density at radius 1 is 0.713 bits per heavy atom. The van der Waals surface area contributed by atoms with Crippen LogP contribution in [0.4, 0.5) is 23.8 Å². The van der Waals surface area contributed by atoms with Crippen LogP contribution in [0.2, 0.25) is 10.0 Å². The molecule has 7 aliphatic heterocycles. The first-order valence-electron chi connectivity index (χ1n) is 39.7. The summed E-state index contributed by atoms with van der Waals surface area (Å²) in [6.07, 6.45) is -24.1. The Morgan fingerprint density at radius 2 is 1.35 bits per heavy atom. The summed E-state index contributed by atoms with van der Waals surface area (Å²) in [6, 6.07) is 2.93. The zero-order valence-electron chi connectivity index (χ0n) is 68.6. The number of likely N-dealkylation sites (N-methyl/N-ethyl adjacent to an activating group) is 1. The third-order valence-corrected chi connectivity index (χ3v) is 22.2. The van der Waals surface area contributed by atoms with Crippen molar-refractivity contribution < 1.29 is 140 Å². The number of urea groups is 1. The zero-order chi connectivity index (χ0) is 93.7. The number of nitrogens with zero attached hydrogens (tertiary/aromatic N) is 2. The molecule has 6 aromatic carbocycles. The minimum atomic E-state index is -4.95. The number of aliphatic hydroxyl groups is 6. The number of phenolic OH excluding ortho intramolecular Hbond substituents is 3. The number of halogens is 5. The topological polar surface area (TPSA) is 637 Å². The van der Waals surface area contributed by atoms with Crippen LogP contribution in [0.1, 0.15) is 111 Å². The Balaban J connectivity index is 0.980. The van der Waals surface area contributed by atoms with Crippen molar-refractivity contribution in [3.8, 4) is 62.9 Å². The minimum Gasteiger partial charge on any atom is -0.508 e. The number of nitrogens with one attached hydrogen (secondary N) is 11. The summed E-state index contributed by atoms with van der Waals surface area (Å²) < 4.78 is 82.5. The van der Waals surface area contributed by atoms with E-state index in [1.165, 1.54) is 44.4 Å². The highest BCUT2D eigenvalue weighted by Gasteiger charge is 2.53. The predicted octanol–water partition coefficient (Wildman–Crippen LogP) is 0.689. The number of amides is 11. The van der Waals surface area contributed by atoms with Crippen molar-refractivity contribution in [3.05, 3.63) is 169 Å². The average molecular weight is 1850 g/mol.